The Kier molecular flexibility index (Phi) is 3.08. The molecule has 0 unspecified atom stereocenters. The third-order valence-electron chi connectivity index (χ3n) is 1.09. The molecule has 0 aliphatic carbocycles. The van der Waals surface area contributed by atoms with Crippen LogP contribution in [-0.4, -0.2) is 4.82 Å². The van der Waals surface area contributed by atoms with Crippen LogP contribution >= 0.6 is 31.9 Å². The fourth-order valence-corrected chi connectivity index (χ4v) is 1.14. The fraction of sp³-hybridized carbons (Fsp3) is 0. The van der Waals surface area contributed by atoms with Gasteiger partial charge in [-0.3, -0.25) is 4.79 Å². The molecule has 1 N–H and O–H groups in total. The number of nitrogens with one attached hydrogen (secondary N) is 1. The number of hydrogen-bond donors (Lipinski definition) is 1. The van der Waals surface area contributed by atoms with Gasteiger partial charge in [0.1, 0.15) is 0 Å². The van der Waals surface area contributed by atoms with Crippen LogP contribution in [0, 0.1) is 0 Å². The van der Waals surface area contributed by atoms with E-state index in [1.807, 2.05) is 24.3 Å². The van der Waals surface area contributed by atoms with E-state index < -0.39 is 0 Å². The number of rotatable bonds is 1. The van der Waals surface area contributed by atoms with Crippen molar-refractivity contribution >= 4 is 42.4 Å². The van der Waals surface area contributed by atoms with E-state index >= 15 is 0 Å². The molecule has 2 nitrogen and oxygen atoms in total. The average molecular weight is 279 g/mol. The summed E-state index contributed by atoms with van der Waals surface area (Å²) in [6.45, 7) is 0. The predicted molar refractivity (Wildman–Crippen MR) is 52.1 cm³/mol. The Hall–Kier alpha value is -0.350. The van der Waals surface area contributed by atoms with Gasteiger partial charge in [-0.15, -0.1) is 0 Å². The number of benzene rings is 1. The van der Waals surface area contributed by atoms with E-state index in [4.69, 9.17) is 0 Å². The van der Waals surface area contributed by atoms with Crippen molar-refractivity contribution in [3.8, 4) is 0 Å². The average Bonchev–Trinajstić information content (AvgIpc) is 1.93. The first-order valence-electron chi connectivity index (χ1n) is 2.90. The first kappa shape index (κ1) is 8.74. The molecule has 0 spiro atoms. The van der Waals surface area contributed by atoms with Crippen molar-refractivity contribution in [3.05, 3.63) is 28.7 Å². The highest BCUT2D eigenvalue weighted by Crippen LogP contribution is 2.14. The molecule has 0 aliphatic rings. The highest BCUT2D eigenvalue weighted by molar-refractivity contribution is 9.18. The minimum Gasteiger partial charge on any atom is -0.317 e. The topological polar surface area (TPSA) is 29.1 Å². The number of carbonyl (C=O) groups excluding carboxylic acids is 1. The van der Waals surface area contributed by atoms with Crippen LogP contribution in [0.25, 0.3) is 0 Å². The molecule has 58 valence electrons. The molecule has 0 bridgehead atoms. The lowest BCUT2D eigenvalue weighted by molar-refractivity contribution is 0.270. The third kappa shape index (κ3) is 3.03. The molecule has 1 aromatic rings. The number of anilines is 1. The maximum atomic E-state index is 10.5. The van der Waals surface area contributed by atoms with Crippen molar-refractivity contribution < 1.29 is 4.79 Å². The molecule has 0 fully saturated rings. The van der Waals surface area contributed by atoms with E-state index in [9.17, 15) is 4.79 Å². The summed E-state index contributed by atoms with van der Waals surface area (Å²) in [7, 11) is 0. The van der Waals surface area contributed by atoms with Gasteiger partial charge >= 0.3 is 0 Å². The van der Waals surface area contributed by atoms with Crippen molar-refractivity contribution in [1.29, 1.82) is 0 Å². The summed E-state index contributed by atoms with van der Waals surface area (Å²) in [6.07, 6.45) is 0. The minimum absolute atomic E-state index is 0.236. The molecule has 0 atom stereocenters. The van der Waals surface area contributed by atoms with Crippen LogP contribution in [-0.2, 0) is 0 Å². The Labute approximate surface area is 81.2 Å². The summed E-state index contributed by atoms with van der Waals surface area (Å²) in [5, 5.41) is 2.59. The predicted octanol–water partition coefficient (Wildman–Crippen LogP) is 3.38. The van der Waals surface area contributed by atoms with Gasteiger partial charge < -0.3 is 5.32 Å². The summed E-state index contributed by atoms with van der Waals surface area (Å²) in [5.74, 6) is 0. The van der Waals surface area contributed by atoms with Crippen molar-refractivity contribution in [2.75, 3.05) is 5.32 Å². The molecule has 1 aromatic carbocycles. The van der Waals surface area contributed by atoms with Crippen LogP contribution in [0.1, 0.15) is 0 Å². The summed E-state index contributed by atoms with van der Waals surface area (Å²) < 4.78 is 0.991. The Morgan fingerprint density at radius 1 is 1.27 bits per heavy atom. The van der Waals surface area contributed by atoms with E-state index in [2.05, 4.69) is 37.2 Å². The number of halogens is 2. The second kappa shape index (κ2) is 3.88. The zero-order valence-corrected chi connectivity index (χ0v) is 8.65. The summed E-state index contributed by atoms with van der Waals surface area (Å²) in [5.41, 5.74) is 0.773. The van der Waals surface area contributed by atoms with Crippen LogP contribution in [0.5, 0.6) is 0 Å². The van der Waals surface area contributed by atoms with Gasteiger partial charge in [-0.05, 0) is 24.3 Å². The lowest BCUT2D eigenvalue weighted by Gasteiger charge is -1.98. The van der Waals surface area contributed by atoms with Crippen molar-refractivity contribution in [3.63, 3.8) is 0 Å². The normalized spacial score (nSPS) is 9.27. The monoisotopic (exact) mass is 277 g/mol. The molecule has 0 aromatic heterocycles. The van der Waals surface area contributed by atoms with Gasteiger partial charge in [0.15, 0.2) is 0 Å². The van der Waals surface area contributed by atoms with E-state index in [0.717, 1.165) is 10.2 Å². The highest BCUT2D eigenvalue weighted by atomic mass is 79.9. The largest absolute Gasteiger partial charge is 0.317 e. The molecule has 4 heteroatoms. The smallest absolute Gasteiger partial charge is 0.291 e. The van der Waals surface area contributed by atoms with Gasteiger partial charge in [0.05, 0.1) is 0 Å². The second-order valence-corrected chi connectivity index (χ2v) is 3.54. The Balaban J connectivity index is 2.74. The summed E-state index contributed by atoms with van der Waals surface area (Å²) >= 11 is 6.06. The maximum absolute atomic E-state index is 10.5. The molecule has 1 amide bonds. The molecule has 0 saturated carbocycles. The molecule has 0 heterocycles. The lowest BCUT2D eigenvalue weighted by Crippen LogP contribution is -1.99. The van der Waals surface area contributed by atoms with Gasteiger partial charge in [0, 0.05) is 26.1 Å². The van der Waals surface area contributed by atoms with Crippen molar-refractivity contribution in [2.45, 2.75) is 0 Å². The van der Waals surface area contributed by atoms with E-state index in [1.54, 1.807) is 0 Å². The van der Waals surface area contributed by atoms with Gasteiger partial charge in [0.2, 0.25) is 0 Å². The van der Waals surface area contributed by atoms with Crippen LogP contribution in [0.2, 0.25) is 0 Å². The Bertz CT molecular complexity index is 258. The molecule has 0 radical (unpaired) electrons. The van der Waals surface area contributed by atoms with Crippen molar-refractivity contribution in [2.24, 2.45) is 0 Å². The fourth-order valence-electron chi connectivity index (χ4n) is 0.647. The standard InChI is InChI=1S/C7H5Br2NO/c8-5-1-3-6(4-2-5)10-7(9)11/h1-4H,(H,10,11). The third-order valence-corrected chi connectivity index (χ3v) is 1.81. The maximum Gasteiger partial charge on any atom is 0.291 e. The quantitative estimate of drug-likeness (QED) is 0.619. The lowest BCUT2D eigenvalue weighted by atomic mass is 10.3. The summed E-state index contributed by atoms with van der Waals surface area (Å²) in [4.78, 5) is 10.3. The SMILES string of the molecule is O=C(Br)Nc1ccc(Br)cc1. The molecule has 0 saturated heterocycles. The molecule has 0 aliphatic heterocycles. The van der Waals surface area contributed by atoms with Gasteiger partial charge in [0.25, 0.3) is 4.82 Å². The molecule has 1 rings (SSSR count). The Morgan fingerprint density at radius 2 is 1.82 bits per heavy atom. The van der Waals surface area contributed by atoms with Crippen LogP contribution in [0.3, 0.4) is 0 Å². The van der Waals surface area contributed by atoms with Gasteiger partial charge in [-0.25, -0.2) is 0 Å². The Morgan fingerprint density at radius 3 is 2.27 bits per heavy atom. The zero-order valence-electron chi connectivity index (χ0n) is 5.47. The molecule has 11 heavy (non-hydrogen) atoms. The van der Waals surface area contributed by atoms with E-state index in [1.165, 1.54) is 0 Å². The van der Waals surface area contributed by atoms with Crippen LogP contribution < -0.4 is 5.32 Å². The number of hydrogen-bond acceptors (Lipinski definition) is 1. The molecular weight excluding hydrogens is 274 g/mol. The summed E-state index contributed by atoms with van der Waals surface area (Å²) in [6, 6.07) is 7.34. The number of amides is 1. The highest BCUT2D eigenvalue weighted by Gasteiger charge is 1.94. The minimum atomic E-state index is -0.236. The first-order valence-corrected chi connectivity index (χ1v) is 4.49. The van der Waals surface area contributed by atoms with Crippen LogP contribution in [0.4, 0.5) is 10.5 Å². The second-order valence-electron chi connectivity index (χ2n) is 1.91. The zero-order chi connectivity index (χ0) is 8.27. The first-order chi connectivity index (χ1) is 5.18. The van der Waals surface area contributed by atoms with Gasteiger partial charge in [-0.1, -0.05) is 15.9 Å². The van der Waals surface area contributed by atoms with Crippen molar-refractivity contribution in [1.82, 2.24) is 0 Å². The van der Waals surface area contributed by atoms with E-state index in [-0.39, 0.29) is 4.82 Å². The van der Waals surface area contributed by atoms with E-state index in [0.29, 0.717) is 0 Å². The van der Waals surface area contributed by atoms with Crippen LogP contribution in [0.15, 0.2) is 28.7 Å². The van der Waals surface area contributed by atoms with Gasteiger partial charge in [-0.2, -0.15) is 0 Å². The molecular formula is C7H5Br2NO. The number of carbonyl (C=O) groups is 1.